The van der Waals surface area contributed by atoms with Gasteiger partial charge in [0.2, 0.25) is 0 Å². The van der Waals surface area contributed by atoms with Crippen molar-refractivity contribution < 1.29 is 9.90 Å². The van der Waals surface area contributed by atoms with Crippen LogP contribution in [0.4, 0.5) is 0 Å². The Morgan fingerprint density at radius 2 is 2.25 bits per heavy atom. The quantitative estimate of drug-likeness (QED) is 0.765. The van der Waals surface area contributed by atoms with Gasteiger partial charge in [0, 0.05) is 18.8 Å². The van der Waals surface area contributed by atoms with Gasteiger partial charge in [-0.25, -0.2) is 0 Å². The molecule has 16 heavy (non-hydrogen) atoms. The molecule has 0 bridgehead atoms. The van der Waals surface area contributed by atoms with Crippen molar-refractivity contribution in [3.8, 4) is 0 Å². The number of hydrogen-bond acceptors (Lipinski definition) is 3. The van der Waals surface area contributed by atoms with E-state index in [9.17, 15) is 9.90 Å². The third kappa shape index (κ3) is 2.07. The van der Waals surface area contributed by atoms with Crippen LogP contribution in [-0.4, -0.2) is 40.1 Å². The fourth-order valence-electron chi connectivity index (χ4n) is 2.01. The van der Waals surface area contributed by atoms with E-state index in [-0.39, 0.29) is 12.0 Å². The molecule has 1 fully saturated rings. The number of rotatable bonds is 1. The van der Waals surface area contributed by atoms with Crippen LogP contribution < -0.4 is 0 Å². The average Bonchev–Trinajstić information content (AvgIpc) is 2.64. The van der Waals surface area contributed by atoms with Gasteiger partial charge in [0.05, 0.1) is 17.4 Å². The van der Waals surface area contributed by atoms with E-state index in [1.807, 2.05) is 26.0 Å². The molecule has 0 spiro atoms. The number of aliphatic hydroxyl groups excluding tert-OH is 1. The number of aryl methyl sites for hydroxylation is 2. The highest BCUT2D eigenvalue weighted by molar-refractivity contribution is 5.95. The molecule has 86 valence electrons. The summed E-state index contributed by atoms with van der Waals surface area (Å²) in [7, 11) is 0. The minimum absolute atomic E-state index is 0.0263. The van der Waals surface area contributed by atoms with Crippen LogP contribution in [0.25, 0.3) is 0 Å². The maximum absolute atomic E-state index is 12.1. The van der Waals surface area contributed by atoms with Crippen molar-refractivity contribution in [3.05, 3.63) is 29.1 Å². The lowest BCUT2D eigenvalue weighted by molar-refractivity contribution is 0.0763. The Kier molecular flexibility index (Phi) is 2.92. The molecule has 0 saturated carbocycles. The summed E-state index contributed by atoms with van der Waals surface area (Å²) in [4.78, 5) is 18.1. The largest absolute Gasteiger partial charge is 0.391 e. The zero-order chi connectivity index (χ0) is 11.7. The van der Waals surface area contributed by atoms with Crippen molar-refractivity contribution in [3.63, 3.8) is 0 Å². The van der Waals surface area contributed by atoms with Gasteiger partial charge in [0.15, 0.2) is 0 Å². The van der Waals surface area contributed by atoms with Crippen molar-refractivity contribution in [1.29, 1.82) is 0 Å². The van der Waals surface area contributed by atoms with Crippen LogP contribution in [0.5, 0.6) is 0 Å². The molecule has 0 aromatic carbocycles. The van der Waals surface area contributed by atoms with Crippen LogP contribution >= 0.6 is 0 Å². The Bertz CT molecular complexity index is 417. The molecule has 1 aliphatic rings. The molecule has 0 aliphatic carbocycles. The number of likely N-dealkylation sites (tertiary alicyclic amines) is 1. The molecule has 1 saturated heterocycles. The third-order valence-electron chi connectivity index (χ3n) is 2.91. The summed E-state index contributed by atoms with van der Waals surface area (Å²) in [5.41, 5.74) is 2.31. The first-order valence-corrected chi connectivity index (χ1v) is 5.49. The molecule has 2 rings (SSSR count). The molecule has 1 aromatic heterocycles. The number of carbonyl (C=O) groups is 1. The van der Waals surface area contributed by atoms with Crippen molar-refractivity contribution in [2.45, 2.75) is 26.4 Å². The topological polar surface area (TPSA) is 53.4 Å². The Balaban J connectivity index is 2.21. The van der Waals surface area contributed by atoms with E-state index in [0.29, 0.717) is 25.1 Å². The predicted molar refractivity (Wildman–Crippen MR) is 60.2 cm³/mol. The first-order valence-electron chi connectivity index (χ1n) is 5.49. The van der Waals surface area contributed by atoms with Gasteiger partial charge in [-0.15, -0.1) is 0 Å². The number of amides is 1. The Labute approximate surface area is 94.9 Å². The van der Waals surface area contributed by atoms with Gasteiger partial charge in [-0.05, 0) is 32.4 Å². The van der Waals surface area contributed by atoms with Gasteiger partial charge >= 0.3 is 0 Å². The van der Waals surface area contributed by atoms with Crippen molar-refractivity contribution >= 4 is 5.91 Å². The molecular formula is C12H16N2O2. The fourth-order valence-corrected chi connectivity index (χ4v) is 2.01. The Hall–Kier alpha value is -1.42. The lowest BCUT2D eigenvalue weighted by Gasteiger charge is -2.16. The summed E-state index contributed by atoms with van der Waals surface area (Å²) in [5, 5.41) is 9.40. The van der Waals surface area contributed by atoms with Crippen LogP contribution in [0.1, 0.15) is 28.2 Å². The van der Waals surface area contributed by atoms with Gasteiger partial charge in [-0.2, -0.15) is 0 Å². The van der Waals surface area contributed by atoms with Crippen LogP contribution in [0.2, 0.25) is 0 Å². The van der Waals surface area contributed by atoms with Gasteiger partial charge in [-0.3, -0.25) is 9.78 Å². The van der Waals surface area contributed by atoms with Gasteiger partial charge in [0.25, 0.3) is 5.91 Å². The summed E-state index contributed by atoms with van der Waals surface area (Å²) in [6.07, 6.45) is 0.298. The van der Waals surface area contributed by atoms with Crippen molar-refractivity contribution in [2.75, 3.05) is 13.1 Å². The molecule has 1 N–H and O–H groups in total. The van der Waals surface area contributed by atoms with E-state index < -0.39 is 0 Å². The number of hydrogen-bond donors (Lipinski definition) is 1. The smallest absolute Gasteiger partial charge is 0.255 e. The van der Waals surface area contributed by atoms with Crippen molar-refractivity contribution in [1.82, 2.24) is 9.88 Å². The lowest BCUT2D eigenvalue weighted by atomic mass is 10.1. The molecule has 1 aromatic rings. The third-order valence-corrected chi connectivity index (χ3v) is 2.91. The minimum Gasteiger partial charge on any atom is -0.391 e. The number of β-amino-alcohol motifs (C(OH)–C–C–N with tert-alkyl or cyclic N) is 1. The van der Waals surface area contributed by atoms with E-state index in [2.05, 4.69) is 4.98 Å². The van der Waals surface area contributed by atoms with E-state index in [1.165, 1.54) is 0 Å². The summed E-state index contributed by atoms with van der Waals surface area (Å²) >= 11 is 0. The van der Waals surface area contributed by atoms with Gasteiger partial charge in [0.1, 0.15) is 0 Å². The maximum Gasteiger partial charge on any atom is 0.255 e. The maximum atomic E-state index is 12.1. The highest BCUT2D eigenvalue weighted by atomic mass is 16.3. The summed E-state index contributed by atoms with van der Waals surface area (Å²) in [5.74, 6) is -0.0263. The summed E-state index contributed by atoms with van der Waals surface area (Å²) in [6.45, 7) is 4.81. The number of aliphatic hydroxyl groups is 1. The van der Waals surface area contributed by atoms with Crippen molar-refractivity contribution in [2.24, 2.45) is 0 Å². The highest BCUT2D eigenvalue weighted by Crippen LogP contribution is 2.15. The number of carbonyl (C=O) groups excluding carboxylic acids is 1. The lowest BCUT2D eigenvalue weighted by Crippen LogP contribution is -2.30. The Morgan fingerprint density at radius 1 is 1.50 bits per heavy atom. The van der Waals surface area contributed by atoms with Crippen LogP contribution in [0.15, 0.2) is 12.1 Å². The summed E-state index contributed by atoms with van der Waals surface area (Å²) < 4.78 is 0. The predicted octanol–water partition coefficient (Wildman–Crippen LogP) is 0.905. The SMILES string of the molecule is Cc1ccc(C(=O)N2CC[C@@H](O)C2)c(C)n1. The van der Waals surface area contributed by atoms with Crippen LogP contribution in [0, 0.1) is 13.8 Å². The van der Waals surface area contributed by atoms with Gasteiger partial charge < -0.3 is 10.0 Å². The molecule has 2 heterocycles. The molecule has 4 heteroatoms. The molecule has 1 aliphatic heterocycles. The van der Waals surface area contributed by atoms with Crippen LogP contribution in [-0.2, 0) is 0 Å². The van der Waals surface area contributed by atoms with E-state index in [4.69, 9.17) is 0 Å². The normalized spacial score (nSPS) is 20.2. The van der Waals surface area contributed by atoms with E-state index in [0.717, 1.165) is 11.4 Å². The second-order valence-corrected chi connectivity index (χ2v) is 4.28. The van der Waals surface area contributed by atoms with E-state index in [1.54, 1.807) is 4.90 Å². The summed E-state index contributed by atoms with van der Waals surface area (Å²) in [6, 6.07) is 3.65. The monoisotopic (exact) mass is 220 g/mol. The minimum atomic E-state index is -0.373. The second kappa shape index (κ2) is 4.22. The molecular weight excluding hydrogens is 204 g/mol. The fraction of sp³-hybridized carbons (Fsp3) is 0.500. The van der Waals surface area contributed by atoms with Crippen LogP contribution in [0.3, 0.4) is 0 Å². The van der Waals surface area contributed by atoms with E-state index >= 15 is 0 Å². The zero-order valence-corrected chi connectivity index (χ0v) is 9.60. The highest BCUT2D eigenvalue weighted by Gasteiger charge is 2.26. The molecule has 1 atom stereocenters. The first kappa shape index (κ1) is 11.1. The number of pyridine rings is 1. The zero-order valence-electron chi connectivity index (χ0n) is 9.60. The van der Waals surface area contributed by atoms with Gasteiger partial charge in [-0.1, -0.05) is 0 Å². The average molecular weight is 220 g/mol. The molecule has 0 radical (unpaired) electrons. The second-order valence-electron chi connectivity index (χ2n) is 4.28. The first-order chi connectivity index (χ1) is 7.58. The molecule has 4 nitrogen and oxygen atoms in total. The Morgan fingerprint density at radius 3 is 2.81 bits per heavy atom. The number of nitrogens with zero attached hydrogens (tertiary/aromatic N) is 2. The molecule has 0 unspecified atom stereocenters. The number of aromatic nitrogens is 1. The standard InChI is InChI=1S/C12H16N2O2/c1-8-3-4-11(9(2)13-8)12(16)14-6-5-10(15)7-14/h3-4,10,15H,5-7H2,1-2H3/t10-/m1/s1. The molecule has 1 amide bonds.